The molecule has 0 unspecified atom stereocenters. The number of esters is 1. The van der Waals surface area contributed by atoms with E-state index in [1.54, 1.807) is 13.8 Å². The molecule has 0 fully saturated rings. The van der Waals surface area contributed by atoms with Gasteiger partial charge in [-0.15, -0.1) is 0 Å². The van der Waals surface area contributed by atoms with Crippen LogP contribution in [0.5, 0.6) is 0 Å². The van der Waals surface area contributed by atoms with Crippen LogP contribution in [0.15, 0.2) is 28.8 Å². The molecule has 0 bridgehead atoms. The molecule has 1 amide bonds. The number of amides is 1. The first-order valence-corrected chi connectivity index (χ1v) is 7.19. The number of rotatable bonds is 5. The van der Waals surface area contributed by atoms with E-state index in [9.17, 15) is 14.0 Å². The predicted molar refractivity (Wildman–Crippen MR) is 80.8 cm³/mol. The lowest BCUT2D eigenvalue weighted by atomic mass is 10.2. The molecule has 122 valence electrons. The molecule has 23 heavy (non-hydrogen) atoms. The number of halogens is 2. The van der Waals surface area contributed by atoms with Crippen LogP contribution in [0, 0.1) is 12.7 Å². The van der Waals surface area contributed by atoms with Crippen molar-refractivity contribution >= 4 is 29.3 Å². The van der Waals surface area contributed by atoms with Gasteiger partial charge in [0.15, 0.2) is 11.9 Å². The quantitative estimate of drug-likeness (QED) is 0.844. The topological polar surface area (TPSA) is 81.4 Å². The number of aryl methyl sites for hydroxylation is 1. The van der Waals surface area contributed by atoms with Gasteiger partial charge in [0, 0.05) is 6.07 Å². The molecule has 0 aliphatic heterocycles. The Balaban J connectivity index is 2.09. The molecule has 1 heterocycles. The minimum Gasteiger partial charge on any atom is -0.449 e. The van der Waals surface area contributed by atoms with E-state index in [4.69, 9.17) is 20.9 Å². The average molecular weight is 341 g/mol. The van der Waals surface area contributed by atoms with Gasteiger partial charge in [0.25, 0.3) is 5.91 Å². The second-order valence-corrected chi connectivity index (χ2v) is 5.12. The number of carbonyl (C=O) groups is 2. The SMILES string of the molecule is CC[C@H](OC(=O)c1c(F)cccc1Cl)C(=O)Nc1cc(C)on1. The molecule has 0 spiro atoms. The van der Waals surface area contributed by atoms with Gasteiger partial charge < -0.3 is 14.6 Å². The summed E-state index contributed by atoms with van der Waals surface area (Å²) in [6, 6.07) is 5.33. The number of hydrogen-bond donors (Lipinski definition) is 1. The fourth-order valence-electron chi connectivity index (χ4n) is 1.84. The van der Waals surface area contributed by atoms with Gasteiger partial charge >= 0.3 is 5.97 Å². The van der Waals surface area contributed by atoms with Crippen molar-refractivity contribution in [2.45, 2.75) is 26.4 Å². The van der Waals surface area contributed by atoms with Crippen molar-refractivity contribution in [1.82, 2.24) is 5.16 Å². The third-order valence-electron chi connectivity index (χ3n) is 2.96. The third-order valence-corrected chi connectivity index (χ3v) is 3.27. The van der Waals surface area contributed by atoms with Crippen molar-refractivity contribution in [1.29, 1.82) is 0 Å². The Bertz CT molecular complexity index is 712. The molecule has 1 N–H and O–H groups in total. The number of ether oxygens (including phenoxy) is 1. The monoisotopic (exact) mass is 340 g/mol. The van der Waals surface area contributed by atoms with Gasteiger partial charge in [-0.1, -0.05) is 29.7 Å². The molecule has 1 atom stereocenters. The van der Waals surface area contributed by atoms with Crippen LogP contribution in [-0.4, -0.2) is 23.1 Å². The van der Waals surface area contributed by atoms with Crippen molar-refractivity contribution in [2.75, 3.05) is 5.32 Å². The number of carbonyl (C=O) groups excluding carboxylic acids is 2. The lowest BCUT2D eigenvalue weighted by Crippen LogP contribution is -2.32. The summed E-state index contributed by atoms with van der Waals surface area (Å²) in [6.45, 7) is 3.31. The van der Waals surface area contributed by atoms with Gasteiger partial charge in [-0.05, 0) is 25.5 Å². The second kappa shape index (κ2) is 7.23. The highest BCUT2D eigenvalue weighted by atomic mass is 35.5. The maximum Gasteiger partial charge on any atom is 0.343 e. The van der Waals surface area contributed by atoms with Gasteiger partial charge in [-0.2, -0.15) is 0 Å². The minimum atomic E-state index is -1.12. The van der Waals surface area contributed by atoms with Crippen molar-refractivity contribution in [2.24, 2.45) is 0 Å². The first kappa shape index (κ1) is 17.0. The molecule has 8 heteroatoms. The minimum absolute atomic E-state index is 0.0858. The molecule has 0 aliphatic rings. The Hall–Kier alpha value is -2.41. The van der Waals surface area contributed by atoms with Gasteiger partial charge in [0.05, 0.1) is 5.02 Å². The van der Waals surface area contributed by atoms with Gasteiger partial charge in [0.2, 0.25) is 0 Å². The molecule has 0 radical (unpaired) electrons. The number of benzene rings is 1. The molecule has 6 nitrogen and oxygen atoms in total. The van der Waals surface area contributed by atoms with Crippen molar-refractivity contribution < 1.29 is 23.2 Å². The lowest BCUT2D eigenvalue weighted by molar-refractivity contribution is -0.124. The summed E-state index contributed by atoms with van der Waals surface area (Å²) in [5, 5.41) is 5.98. The van der Waals surface area contributed by atoms with E-state index >= 15 is 0 Å². The van der Waals surface area contributed by atoms with Gasteiger partial charge in [-0.3, -0.25) is 4.79 Å². The predicted octanol–water partition coefficient (Wildman–Crippen LogP) is 3.35. The molecule has 1 aromatic heterocycles. The number of nitrogens with zero attached hydrogens (tertiary/aromatic N) is 1. The number of aromatic nitrogens is 1. The number of hydrogen-bond acceptors (Lipinski definition) is 5. The molecule has 2 rings (SSSR count). The van der Waals surface area contributed by atoms with Crippen LogP contribution < -0.4 is 5.32 Å². The largest absolute Gasteiger partial charge is 0.449 e. The lowest BCUT2D eigenvalue weighted by Gasteiger charge is -2.15. The maximum absolute atomic E-state index is 13.7. The molecular formula is C15H14ClFN2O4. The molecule has 1 aromatic carbocycles. The van der Waals surface area contributed by atoms with Crippen LogP contribution in [0.1, 0.15) is 29.5 Å². The maximum atomic E-state index is 13.7. The summed E-state index contributed by atoms with van der Waals surface area (Å²) >= 11 is 5.80. The molecule has 0 aliphatic carbocycles. The zero-order valence-corrected chi connectivity index (χ0v) is 13.2. The van der Waals surface area contributed by atoms with E-state index < -0.39 is 29.4 Å². The summed E-state index contributed by atoms with van der Waals surface area (Å²) in [6.07, 6.45) is -0.921. The summed E-state index contributed by atoms with van der Waals surface area (Å²) in [5.74, 6) is -1.70. The number of nitrogens with one attached hydrogen (secondary N) is 1. The first-order chi connectivity index (χ1) is 10.9. The summed E-state index contributed by atoms with van der Waals surface area (Å²) in [7, 11) is 0. The van der Waals surface area contributed by atoms with Crippen molar-refractivity contribution in [3.63, 3.8) is 0 Å². The zero-order chi connectivity index (χ0) is 17.0. The Morgan fingerprint density at radius 1 is 1.48 bits per heavy atom. The van der Waals surface area contributed by atoms with Crippen LogP contribution >= 0.6 is 11.6 Å². The van der Waals surface area contributed by atoms with E-state index in [2.05, 4.69) is 10.5 Å². The number of anilines is 1. The zero-order valence-electron chi connectivity index (χ0n) is 12.4. The van der Waals surface area contributed by atoms with E-state index in [1.165, 1.54) is 18.2 Å². The van der Waals surface area contributed by atoms with Crippen LogP contribution in [-0.2, 0) is 9.53 Å². The van der Waals surface area contributed by atoms with E-state index in [1.807, 2.05) is 0 Å². The van der Waals surface area contributed by atoms with E-state index in [0.717, 1.165) is 6.07 Å². The van der Waals surface area contributed by atoms with E-state index in [-0.39, 0.29) is 17.3 Å². The Morgan fingerprint density at radius 3 is 2.78 bits per heavy atom. The molecule has 0 saturated heterocycles. The fraction of sp³-hybridized carbons (Fsp3) is 0.267. The molecular weight excluding hydrogens is 327 g/mol. The Morgan fingerprint density at radius 2 is 2.22 bits per heavy atom. The van der Waals surface area contributed by atoms with Crippen LogP contribution in [0.25, 0.3) is 0 Å². The highest BCUT2D eigenvalue weighted by molar-refractivity contribution is 6.33. The van der Waals surface area contributed by atoms with Crippen molar-refractivity contribution in [3.05, 3.63) is 46.4 Å². The molecule has 0 saturated carbocycles. The van der Waals surface area contributed by atoms with Gasteiger partial charge in [0.1, 0.15) is 17.1 Å². The summed E-state index contributed by atoms with van der Waals surface area (Å²) in [4.78, 5) is 24.1. The normalized spacial score (nSPS) is 11.8. The van der Waals surface area contributed by atoms with Crippen LogP contribution in [0.3, 0.4) is 0 Å². The highest BCUT2D eigenvalue weighted by Gasteiger charge is 2.25. The Labute approximate surface area is 136 Å². The standard InChI is InChI=1S/C15H14ClFN2O4/c1-3-11(14(20)18-12-7-8(2)23-19-12)22-15(21)13-9(16)5-4-6-10(13)17/h4-7,11H,3H2,1-2H3,(H,18,19,20)/t11-/m0/s1. The van der Waals surface area contributed by atoms with Crippen molar-refractivity contribution in [3.8, 4) is 0 Å². The fourth-order valence-corrected chi connectivity index (χ4v) is 2.08. The Kier molecular flexibility index (Phi) is 5.33. The summed E-state index contributed by atoms with van der Waals surface area (Å²) < 4.78 is 23.6. The van der Waals surface area contributed by atoms with Crippen LogP contribution in [0.4, 0.5) is 10.2 Å². The molecule has 2 aromatic rings. The second-order valence-electron chi connectivity index (χ2n) is 4.71. The van der Waals surface area contributed by atoms with E-state index in [0.29, 0.717) is 5.76 Å². The average Bonchev–Trinajstić information content (AvgIpc) is 2.89. The first-order valence-electron chi connectivity index (χ1n) is 6.81. The smallest absolute Gasteiger partial charge is 0.343 e. The summed E-state index contributed by atoms with van der Waals surface area (Å²) in [5.41, 5.74) is -0.405. The highest BCUT2D eigenvalue weighted by Crippen LogP contribution is 2.21. The van der Waals surface area contributed by atoms with Gasteiger partial charge in [-0.25, -0.2) is 9.18 Å². The van der Waals surface area contributed by atoms with Crippen LogP contribution in [0.2, 0.25) is 5.02 Å². The third kappa shape index (κ3) is 4.07.